The summed E-state index contributed by atoms with van der Waals surface area (Å²) in [5.41, 5.74) is 2.11. The summed E-state index contributed by atoms with van der Waals surface area (Å²) in [5.74, 6) is -4.10. The van der Waals surface area contributed by atoms with E-state index in [1.807, 2.05) is 44.3 Å². The molecule has 0 atom stereocenters. The van der Waals surface area contributed by atoms with Crippen molar-refractivity contribution in [2.75, 3.05) is 44.7 Å². The molecular weight excluding hydrogens is 524 g/mol. The van der Waals surface area contributed by atoms with Crippen LogP contribution in [0, 0.1) is 0 Å². The second-order valence-electron chi connectivity index (χ2n) is 9.72. The summed E-state index contributed by atoms with van der Waals surface area (Å²) in [4.78, 5) is 32.0. The fourth-order valence-electron chi connectivity index (χ4n) is 5.11. The lowest BCUT2D eigenvalue weighted by Crippen LogP contribution is -2.46. The summed E-state index contributed by atoms with van der Waals surface area (Å²) >= 11 is 0. The number of anilines is 1. The highest BCUT2D eigenvalue weighted by atomic mass is 35.5. The van der Waals surface area contributed by atoms with E-state index in [0.717, 1.165) is 11.8 Å². The van der Waals surface area contributed by atoms with E-state index in [4.69, 9.17) is 0 Å². The van der Waals surface area contributed by atoms with Crippen molar-refractivity contribution < 1.29 is 18.4 Å². The van der Waals surface area contributed by atoms with Gasteiger partial charge in [0.25, 0.3) is 11.8 Å². The first kappa shape index (κ1) is 28.4. The fourth-order valence-corrected chi connectivity index (χ4v) is 5.11. The molecule has 2 aromatic carbocycles. The van der Waals surface area contributed by atoms with Gasteiger partial charge >= 0.3 is 0 Å². The summed E-state index contributed by atoms with van der Waals surface area (Å²) in [6, 6.07) is 16.1. The van der Waals surface area contributed by atoms with Crippen LogP contribution in [-0.2, 0) is 11.2 Å². The van der Waals surface area contributed by atoms with Gasteiger partial charge in [-0.3, -0.25) is 9.59 Å². The molecule has 39 heavy (non-hydrogen) atoms. The van der Waals surface area contributed by atoms with Crippen LogP contribution in [0.25, 0.3) is 11.3 Å². The first-order valence-electron chi connectivity index (χ1n) is 12.9. The number of hydrogen-bond acceptors (Lipinski definition) is 4. The van der Waals surface area contributed by atoms with Crippen LogP contribution < -0.4 is 4.90 Å². The maximum atomic E-state index is 15.6. The molecule has 7 nitrogen and oxygen atoms in total. The molecule has 10 heteroatoms. The molecule has 0 N–H and O–H groups in total. The van der Waals surface area contributed by atoms with Crippen molar-refractivity contribution in [3.05, 3.63) is 83.7 Å². The summed E-state index contributed by atoms with van der Waals surface area (Å²) in [6.45, 7) is 4.11. The number of rotatable bonds is 4. The summed E-state index contributed by atoms with van der Waals surface area (Å²) in [7, 11) is 1.97. The van der Waals surface area contributed by atoms with Gasteiger partial charge in [0.05, 0.1) is 28.8 Å². The normalized spacial score (nSPS) is 18.3. The van der Waals surface area contributed by atoms with Crippen LogP contribution in [0.15, 0.2) is 66.9 Å². The molecule has 2 amide bonds. The maximum absolute atomic E-state index is 15.6. The third kappa shape index (κ3) is 5.60. The number of halogens is 3. The number of piperazine rings is 1. The molecule has 3 heterocycles. The van der Waals surface area contributed by atoms with E-state index in [0.29, 0.717) is 49.5 Å². The molecule has 0 spiro atoms. The van der Waals surface area contributed by atoms with Gasteiger partial charge in [-0.25, -0.2) is 13.5 Å². The van der Waals surface area contributed by atoms with Crippen molar-refractivity contribution in [2.24, 2.45) is 0 Å². The molecule has 2 aliphatic rings. The average Bonchev–Trinajstić information content (AvgIpc) is 3.32. The van der Waals surface area contributed by atoms with E-state index in [2.05, 4.69) is 10.00 Å². The number of allylic oxidation sites excluding steroid dienone is 1. The zero-order chi connectivity index (χ0) is 26.9. The predicted molar refractivity (Wildman–Crippen MR) is 150 cm³/mol. The minimum Gasteiger partial charge on any atom is -0.337 e. The molecular formula is C29H32ClF2N5O2. The Kier molecular flexibility index (Phi) is 8.51. The van der Waals surface area contributed by atoms with E-state index in [1.54, 1.807) is 33.8 Å². The van der Waals surface area contributed by atoms with Crippen molar-refractivity contribution in [3.8, 4) is 5.69 Å². The monoisotopic (exact) mass is 555 g/mol. The lowest BCUT2D eigenvalue weighted by atomic mass is 9.96. The third-order valence-electron chi connectivity index (χ3n) is 7.29. The van der Waals surface area contributed by atoms with Crippen LogP contribution in [-0.4, -0.2) is 77.1 Å². The lowest BCUT2D eigenvalue weighted by Gasteiger charge is -2.32. The third-order valence-corrected chi connectivity index (χ3v) is 7.29. The van der Waals surface area contributed by atoms with Gasteiger partial charge in [-0.05, 0) is 31.7 Å². The highest BCUT2D eigenvalue weighted by Gasteiger charge is 2.42. The first-order valence-corrected chi connectivity index (χ1v) is 12.9. The SMILES string of the molecule is CCc1c(C(=O)N2CCC(F)(F)/C(=C\C(=O)N3CCN(C)CC3)c3ccccc32)cnn1-c1ccccc1.Cl. The van der Waals surface area contributed by atoms with Gasteiger partial charge in [0, 0.05) is 56.4 Å². The quantitative estimate of drug-likeness (QED) is 0.438. The summed E-state index contributed by atoms with van der Waals surface area (Å²) in [6.07, 6.45) is 2.52. The molecule has 0 radical (unpaired) electrons. The molecule has 0 saturated carbocycles. The molecule has 1 aromatic heterocycles. The van der Waals surface area contributed by atoms with E-state index in [9.17, 15) is 9.59 Å². The number of carbonyl (C=O) groups excluding carboxylic acids is 2. The van der Waals surface area contributed by atoms with Gasteiger partial charge < -0.3 is 14.7 Å². The van der Waals surface area contributed by atoms with Crippen LogP contribution in [0.1, 0.15) is 35.0 Å². The average molecular weight is 556 g/mol. The van der Waals surface area contributed by atoms with Crippen LogP contribution in [0.5, 0.6) is 0 Å². The van der Waals surface area contributed by atoms with Crippen molar-refractivity contribution in [2.45, 2.75) is 25.7 Å². The van der Waals surface area contributed by atoms with E-state index in [-0.39, 0.29) is 36.0 Å². The number of benzene rings is 2. The molecule has 206 valence electrons. The van der Waals surface area contributed by atoms with E-state index >= 15 is 8.78 Å². The van der Waals surface area contributed by atoms with Gasteiger partial charge in [-0.1, -0.05) is 43.3 Å². The second kappa shape index (κ2) is 11.7. The Bertz CT molecular complexity index is 1370. The summed E-state index contributed by atoms with van der Waals surface area (Å²) < 4.78 is 32.9. The van der Waals surface area contributed by atoms with Gasteiger partial charge in [0.15, 0.2) is 0 Å². The first-order chi connectivity index (χ1) is 18.3. The standard InChI is InChI=1S/C29H31F2N5O2.ClH/c1-3-25-23(20-32-36(25)21-9-5-4-6-10-21)28(38)35-14-13-29(30,31)24(22-11-7-8-12-26(22)35)19-27(37)34-17-15-33(2)16-18-34;/h4-12,19-20H,3,13-18H2,1-2H3;1H/b24-19-;. The smallest absolute Gasteiger partial charge is 0.275 e. The number of aromatic nitrogens is 2. The number of carbonyl (C=O) groups is 2. The van der Waals surface area contributed by atoms with E-state index < -0.39 is 18.3 Å². The van der Waals surface area contributed by atoms with Crippen LogP contribution in [0.4, 0.5) is 14.5 Å². The number of fused-ring (bicyclic) bond motifs is 1. The van der Waals surface area contributed by atoms with Crippen molar-refractivity contribution in [1.82, 2.24) is 19.6 Å². The Morgan fingerprint density at radius 1 is 0.974 bits per heavy atom. The molecule has 1 saturated heterocycles. The predicted octanol–water partition coefficient (Wildman–Crippen LogP) is 4.70. The lowest BCUT2D eigenvalue weighted by molar-refractivity contribution is -0.127. The molecule has 1 fully saturated rings. The van der Waals surface area contributed by atoms with Crippen LogP contribution in [0.3, 0.4) is 0 Å². The molecule has 3 aromatic rings. The largest absolute Gasteiger partial charge is 0.337 e. The number of para-hydroxylation sites is 2. The minimum atomic E-state index is -3.28. The Hall–Kier alpha value is -3.56. The Labute approximate surface area is 233 Å². The number of alkyl halides is 2. The fraction of sp³-hybridized carbons (Fsp3) is 0.345. The minimum absolute atomic E-state index is 0. The molecule has 0 bridgehead atoms. The van der Waals surface area contributed by atoms with Crippen LogP contribution in [0.2, 0.25) is 0 Å². The van der Waals surface area contributed by atoms with Crippen LogP contribution >= 0.6 is 12.4 Å². The molecule has 5 rings (SSSR count). The van der Waals surface area contributed by atoms with E-state index in [1.165, 1.54) is 11.1 Å². The van der Waals surface area contributed by atoms with Crippen molar-refractivity contribution in [3.63, 3.8) is 0 Å². The molecule has 2 aliphatic heterocycles. The maximum Gasteiger partial charge on any atom is 0.275 e. The molecule has 0 unspecified atom stereocenters. The Balaban J connectivity index is 0.00000353. The second-order valence-corrected chi connectivity index (χ2v) is 9.72. The topological polar surface area (TPSA) is 61.7 Å². The zero-order valence-corrected chi connectivity index (χ0v) is 22.8. The van der Waals surface area contributed by atoms with Gasteiger partial charge in [0.1, 0.15) is 0 Å². The Morgan fingerprint density at radius 3 is 2.33 bits per heavy atom. The number of amides is 2. The number of likely N-dealkylation sites (N-methyl/N-ethyl adjacent to an activating group) is 1. The zero-order valence-electron chi connectivity index (χ0n) is 22.0. The molecule has 0 aliphatic carbocycles. The number of nitrogens with zero attached hydrogens (tertiary/aromatic N) is 5. The van der Waals surface area contributed by atoms with Gasteiger partial charge in [-0.2, -0.15) is 5.10 Å². The van der Waals surface area contributed by atoms with Gasteiger partial charge in [0.2, 0.25) is 5.91 Å². The van der Waals surface area contributed by atoms with Crippen molar-refractivity contribution >= 4 is 35.5 Å². The Morgan fingerprint density at radius 2 is 1.64 bits per heavy atom. The van der Waals surface area contributed by atoms with Gasteiger partial charge in [-0.15, -0.1) is 12.4 Å². The van der Waals surface area contributed by atoms with Crippen molar-refractivity contribution in [1.29, 1.82) is 0 Å². The highest BCUT2D eigenvalue weighted by Crippen LogP contribution is 2.43. The summed E-state index contributed by atoms with van der Waals surface area (Å²) in [5, 5.41) is 4.45. The number of hydrogen-bond donors (Lipinski definition) is 0. The highest BCUT2D eigenvalue weighted by molar-refractivity contribution is 6.09.